The molecule has 122 valence electrons. The van der Waals surface area contributed by atoms with E-state index in [4.69, 9.17) is 12.2 Å². The Bertz CT molecular complexity index is 447. The number of hydrogen-bond donors (Lipinski definition) is 0. The molecule has 0 aromatic carbocycles. The summed E-state index contributed by atoms with van der Waals surface area (Å²) < 4.78 is 0. The summed E-state index contributed by atoms with van der Waals surface area (Å²) in [6, 6.07) is 0.935. The molecule has 0 aliphatic carbocycles. The Morgan fingerprint density at radius 3 is 1.55 bits per heavy atom. The molecule has 2 amide bonds. The summed E-state index contributed by atoms with van der Waals surface area (Å²) >= 11 is 5.74. The standard InChI is InChI=1S/C14H24N6OS/c1-9(2)15-5-17-11-12-18(13(17)21)6-16(10(3)4)8-20(12)14(22)19(11)7-15/h9-12H,5-8H2,1-4H3. The zero-order valence-corrected chi connectivity index (χ0v) is 14.5. The van der Waals surface area contributed by atoms with Gasteiger partial charge in [0.1, 0.15) is 12.3 Å². The Hall–Kier alpha value is -1.12. The van der Waals surface area contributed by atoms with Crippen LogP contribution in [0.2, 0.25) is 0 Å². The van der Waals surface area contributed by atoms with Crippen molar-refractivity contribution >= 4 is 23.4 Å². The van der Waals surface area contributed by atoms with E-state index < -0.39 is 0 Å². The smallest absolute Gasteiger partial charge is 0.311 e. The summed E-state index contributed by atoms with van der Waals surface area (Å²) in [6.45, 7) is 11.7. The molecule has 22 heavy (non-hydrogen) atoms. The molecule has 4 heterocycles. The second-order valence-corrected chi connectivity index (χ2v) is 7.57. The lowest BCUT2D eigenvalue weighted by Gasteiger charge is -2.45. The summed E-state index contributed by atoms with van der Waals surface area (Å²) in [7, 11) is 0. The zero-order chi connectivity index (χ0) is 15.8. The average molecular weight is 324 g/mol. The fraction of sp³-hybridized carbons (Fsp3) is 0.857. The highest BCUT2D eigenvalue weighted by Gasteiger charge is 2.61. The van der Waals surface area contributed by atoms with E-state index in [0.717, 1.165) is 18.4 Å². The third kappa shape index (κ3) is 1.74. The topological polar surface area (TPSA) is 36.5 Å². The van der Waals surface area contributed by atoms with E-state index in [-0.39, 0.29) is 18.4 Å². The van der Waals surface area contributed by atoms with E-state index in [9.17, 15) is 4.79 Å². The van der Waals surface area contributed by atoms with Crippen molar-refractivity contribution < 1.29 is 4.79 Å². The van der Waals surface area contributed by atoms with Crippen molar-refractivity contribution in [1.29, 1.82) is 0 Å². The lowest BCUT2D eigenvalue weighted by atomic mass is 10.2. The maximum Gasteiger partial charge on any atom is 0.325 e. The number of carbonyl (C=O) groups excluding carboxylic acids is 1. The fourth-order valence-corrected chi connectivity index (χ4v) is 4.20. The van der Waals surface area contributed by atoms with Crippen LogP contribution in [0.25, 0.3) is 0 Å². The molecule has 2 unspecified atom stereocenters. The minimum Gasteiger partial charge on any atom is -0.311 e. The Morgan fingerprint density at radius 2 is 1.18 bits per heavy atom. The van der Waals surface area contributed by atoms with Crippen molar-refractivity contribution in [2.24, 2.45) is 0 Å². The lowest BCUT2D eigenvalue weighted by molar-refractivity contribution is -0.0378. The Labute approximate surface area is 137 Å². The van der Waals surface area contributed by atoms with Gasteiger partial charge in [-0.25, -0.2) is 4.79 Å². The van der Waals surface area contributed by atoms with Crippen molar-refractivity contribution in [3.8, 4) is 0 Å². The molecule has 0 spiro atoms. The molecule has 0 N–H and O–H groups in total. The average Bonchev–Trinajstić information content (AvgIpc) is 2.93. The molecule has 8 heteroatoms. The van der Waals surface area contributed by atoms with E-state index in [0.29, 0.717) is 25.4 Å². The van der Waals surface area contributed by atoms with Crippen LogP contribution in [0.3, 0.4) is 0 Å². The highest BCUT2D eigenvalue weighted by atomic mass is 32.1. The molecule has 4 rings (SSSR count). The molecule has 7 nitrogen and oxygen atoms in total. The number of rotatable bonds is 2. The molecule has 0 saturated carbocycles. The minimum atomic E-state index is 0.0873. The van der Waals surface area contributed by atoms with Crippen molar-refractivity contribution in [3.05, 3.63) is 0 Å². The summed E-state index contributed by atoms with van der Waals surface area (Å²) in [5, 5.41) is 0.883. The molecule has 4 fully saturated rings. The summed E-state index contributed by atoms with van der Waals surface area (Å²) in [5.41, 5.74) is 0. The number of nitrogens with zero attached hydrogens (tertiary/aromatic N) is 6. The van der Waals surface area contributed by atoms with Crippen LogP contribution in [0.1, 0.15) is 27.7 Å². The second-order valence-electron chi connectivity index (χ2n) is 7.20. The van der Waals surface area contributed by atoms with Gasteiger partial charge in [-0.05, 0) is 39.9 Å². The first-order chi connectivity index (χ1) is 10.4. The molecule has 0 aromatic heterocycles. The van der Waals surface area contributed by atoms with Crippen LogP contribution in [0, 0.1) is 0 Å². The molecule has 4 aliphatic heterocycles. The highest BCUT2D eigenvalue weighted by Crippen LogP contribution is 2.40. The molecular weight excluding hydrogens is 300 g/mol. The van der Waals surface area contributed by atoms with E-state index in [2.05, 4.69) is 47.3 Å². The van der Waals surface area contributed by atoms with Crippen LogP contribution < -0.4 is 0 Å². The molecule has 0 bridgehead atoms. The van der Waals surface area contributed by atoms with Crippen molar-refractivity contribution in [2.45, 2.75) is 52.1 Å². The van der Waals surface area contributed by atoms with Crippen LogP contribution >= 0.6 is 12.2 Å². The molecule has 0 aromatic rings. The van der Waals surface area contributed by atoms with E-state index in [1.165, 1.54) is 0 Å². The first-order valence-corrected chi connectivity index (χ1v) is 8.43. The molecule has 2 atom stereocenters. The summed E-state index contributed by atoms with van der Waals surface area (Å²) in [6.07, 6.45) is 0.175. The third-order valence-corrected chi connectivity index (χ3v) is 5.79. The number of carbonyl (C=O) groups is 1. The Balaban J connectivity index is 1.70. The van der Waals surface area contributed by atoms with Gasteiger partial charge in [-0.1, -0.05) is 0 Å². The van der Waals surface area contributed by atoms with Crippen molar-refractivity contribution in [1.82, 2.24) is 29.4 Å². The number of urea groups is 1. The quantitative estimate of drug-likeness (QED) is 0.691. The van der Waals surface area contributed by atoms with Gasteiger partial charge >= 0.3 is 6.03 Å². The van der Waals surface area contributed by atoms with Gasteiger partial charge in [0.2, 0.25) is 0 Å². The predicted molar refractivity (Wildman–Crippen MR) is 86.3 cm³/mol. The van der Waals surface area contributed by atoms with Crippen LogP contribution in [0.4, 0.5) is 4.79 Å². The van der Waals surface area contributed by atoms with Gasteiger partial charge in [0.25, 0.3) is 0 Å². The number of hydrogen-bond acceptors (Lipinski definition) is 4. The molecular formula is C14H24N6OS. The van der Waals surface area contributed by atoms with Gasteiger partial charge in [-0.15, -0.1) is 0 Å². The first-order valence-electron chi connectivity index (χ1n) is 8.02. The maximum absolute atomic E-state index is 12.9. The van der Waals surface area contributed by atoms with Gasteiger partial charge in [0.15, 0.2) is 5.11 Å². The predicted octanol–water partition coefficient (Wildman–Crippen LogP) is 0.557. The largest absolute Gasteiger partial charge is 0.325 e. The monoisotopic (exact) mass is 324 g/mol. The van der Waals surface area contributed by atoms with Crippen molar-refractivity contribution in [2.75, 3.05) is 26.7 Å². The number of thiocarbonyl (C=S) groups is 1. The zero-order valence-electron chi connectivity index (χ0n) is 13.6. The lowest BCUT2D eigenvalue weighted by Crippen LogP contribution is -2.62. The normalized spacial score (nSPS) is 32.1. The minimum absolute atomic E-state index is 0.0873. The van der Waals surface area contributed by atoms with Gasteiger partial charge in [0.05, 0.1) is 26.7 Å². The second kappa shape index (κ2) is 4.69. The third-order valence-electron chi connectivity index (χ3n) is 5.32. The SMILES string of the molecule is CC(C)N1CN2C(=O)N3CN(C(C)C)CN4C(=S)N(C1)C2C34. The van der Waals surface area contributed by atoms with Gasteiger partial charge in [-0.3, -0.25) is 19.6 Å². The van der Waals surface area contributed by atoms with Crippen molar-refractivity contribution in [3.63, 3.8) is 0 Å². The van der Waals surface area contributed by atoms with Gasteiger partial charge in [-0.2, -0.15) is 0 Å². The first kappa shape index (κ1) is 14.5. The maximum atomic E-state index is 12.9. The van der Waals surface area contributed by atoms with Gasteiger partial charge in [0, 0.05) is 12.1 Å². The molecule has 0 radical (unpaired) electrons. The summed E-state index contributed by atoms with van der Waals surface area (Å²) in [4.78, 5) is 25.9. The Kier molecular flexibility index (Phi) is 3.08. The summed E-state index contributed by atoms with van der Waals surface area (Å²) in [5.74, 6) is 0. The van der Waals surface area contributed by atoms with Crippen LogP contribution in [0.5, 0.6) is 0 Å². The van der Waals surface area contributed by atoms with Crippen LogP contribution in [-0.2, 0) is 0 Å². The van der Waals surface area contributed by atoms with E-state index in [1.807, 2.05) is 9.80 Å². The van der Waals surface area contributed by atoms with E-state index in [1.54, 1.807) is 0 Å². The van der Waals surface area contributed by atoms with Crippen LogP contribution in [0.15, 0.2) is 0 Å². The van der Waals surface area contributed by atoms with E-state index >= 15 is 0 Å². The molecule has 4 saturated heterocycles. The Morgan fingerprint density at radius 1 is 0.818 bits per heavy atom. The highest BCUT2D eigenvalue weighted by molar-refractivity contribution is 7.80. The fourth-order valence-electron chi connectivity index (χ4n) is 3.86. The molecule has 4 aliphatic rings. The van der Waals surface area contributed by atoms with Crippen LogP contribution in [-0.4, -0.2) is 91.6 Å². The van der Waals surface area contributed by atoms with Gasteiger partial charge < -0.3 is 9.80 Å². The number of amides is 2.